The molecule has 0 aliphatic rings. The van der Waals surface area contributed by atoms with E-state index in [2.05, 4.69) is 4.98 Å². The number of aromatic nitrogens is 1. The second kappa shape index (κ2) is 5.70. The fraction of sp³-hybridized carbons (Fsp3) is 0.300. The van der Waals surface area contributed by atoms with Gasteiger partial charge in [0, 0.05) is 11.8 Å². The Hall–Kier alpha value is -1.29. The molecule has 6 heteroatoms. The number of carbonyl (C=O) groups is 2. The van der Waals surface area contributed by atoms with Gasteiger partial charge in [-0.25, -0.2) is 0 Å². The Bertz CT molecular complexity index is 417. The zero-order valence-electron chi connectivity index (χ0n) is 9.02. The average Bonchev–Trinajstić information content (AvgIpc) is 2.16. The number of carbonyl (C=O) groups excluding carboxylic acids is 2. The van der Waals surface area contributed by atoms with Gasteiger partial charge in [-0.05, 0) is 17.5 Å². The molecular formula is C10H9NO4Zn. The number of carboxylic acid groups (broad SMARTS) is 2. The maximum Gasteiger partial charge on any atom is 2.00 e. The molecule has 0 fully saturated rings. The third-order valence-electron chi connectivity index (χ3n) is 2.00. The summed E-state index contributed by atoms with van der Waals surface area (Å²) >= 11 is 0. The van der Waals surface area contributed by atoms with Crippen LogP contribution in [0.1, 0.15) is 46.2 Å². The molecule has 0 aliphatic carbocycles. The van der Waals surface area contributed by atoms with E-state index >= 15 is 0 Å². The van der Waals surface area contributed by atoms with Gasteiger partial charge < -0.3 is 19.8 Å². The molecule has 0 aliphatic heterocycles. The van der Waals surface area contributed by atoms with Gasteiger partial charge in [-0.1, -0.05) is 13.8 Å². The van der Waals surface area contributed by atoms with Gasteiger partial charge in [-0.3, -0.25) is 4.98 Å². The number of carboxylic acids is 2. The Balaban J connectivity index is 0.00000225. The van der Waals surface area contributed by atoms with Crippen molar-refractivity contribution in [2.24, 2.45) is 0 Å². The van der Waals surface area contributed by atoms with Crippen LogP contribution in [0.25, 0.3) is 0 Å². The predicted molar refractivity (Wildman–Crippen MR) is 47.0 cm³/mol. The molecular weight excluding hydrogens is 264 g/mol. The fourth-order valence-corrected chi connectivity index (χ4v) is 1.33. The zero-order chi connectivity index (χ0) is 11.6. The standard InChI is InChI=1S/C10H11NO4.Zn/c1-5(2)6-3-4-11-8(10(14)15)7(6)9(12)13;/h3-5H,1-2H3,(H,12,13)(H,14,15);/q;+2/p-2. The molecule has 0 aromatic carbocycles. The number of aromatic carboxylic acids is 2. The van der Waals surface area contributed by atoms with Crippen LogP contribution in [0.5, 0.6) is 0 Å². The molecule has 0 saturated carbocycles. The zero-order valence-corrected chi connectivity index (χ0v) is 12.0. The first-order chi connectivity index (χ1) is 6.95. The van der Waals surface area contributed by atoms with Crippen molar-refractivity contribution in [3.05, 3.63) is 29.1 Å². The minimum Gasteiger partial charge on any atom is -0.545 e. The van der Waals surface area contributed by atoms with Crippen LogP contribution in [0.3, 0.4) is 0 Å². The topological polar surface area (TPSA) is 93.2 Å². The smallest absolute Gasteiger partial charge is 0.545 e. The quantitative estimate of drug-likeness (QED) is 0.653. The van der Waals surface area contributed by atoms with E-state index in [0.717, 1.165) is 0 Å². The molecule has 80 valence electrons. The maximum atomic E-state index is 10.8. The average molecular weight is 273 g/mol. The molecule has 1 heterocycles. The first-order valence-corrected chi connectivity index (χ1v) is 4.36. The third-order valence-corrected chi connectivity index (χ3v) is 2.00. The van der Waals surface area contributed by atoms with Crippen LogP contribution in [0.2, 0.25) is 0 Å². The van der Waals surface area contributed by atoms with Crippen LogP contribution in [-0.2, 0) is 19.5 Å². The number of pyridine rings is 1. The third kappa shape index (κ3) is 2.86. The summed E-state index contributed by atoms with van der Waals surface area (Å²) in [5, 5.41) is 21.4. The van der Waals surface area contributed by atoms with E-state index in [1.807, 2.05) is 0 Å². The molecule has 0 amide bonds. The molecule has 0 unspecified atom stereocenters. The molecule has 0 N–H and O–H groups in total. The van der Waals surface area contributed by atoms with Crippen molar-refractivity contribution >= 4 is 11.9 Å². The molecule has 1 rings (SSSR count). The second-order valence-corrected chi connectivity index (χ2v) is 3.35. The van der Waals surface area contributed by atoms with Crippen LogP contribution in [0.4, 0.5) is 0 Å². The van der Waals surface area contributed by atoms with Crippen molar-refractivity contribution in [1.29, 1.82) is 0 Å². The van der Waals surface area contributed by atoms with Crippen LogP contribution in [0, 0.1) is 0 Å². The Morgan fingerprint density at radius 3 is 2.19 bits per heavy atom. The van der Waals surface area contributed by atoms with E-state index in [9.17, 15) is 19.8 Å². The molecule has 0 atom stereocenters. The minimum absolute atomic E-state index is 0. The second-order valence-electron chi connectivity index (χ2n) is 3.35. The number of nitrogens with zero attached hydrogens (tertiary/aromatic N) is 1. The van der Waals surface area contributed by atoms with Gasteiger partial charge in [-0.2, -0.15) is 0 Å². The molecule has 0 spiro atoms. The van der Waals surface area contributed by atoms with Crippen LogP contribution in [0.15, 0.2) is 12.3 Å². The molecule has 0 saturated heterocycles. The van der Waals surface area contributed by atoms with Crippen molar-refractivity contribution < 1.29 is 39.3 Å². The summed E-state index contributed by atoms with van der Waals surface area (Å²) in [6, 6.07) is 1.46. The van der Waals surface area contributed by atoms with E-state index in [4.69, 9.17) is 0 Å². The van der Waals surface area contributed by atoms with Crippen LogP contribution in [-0.4, -0.2) is 16.9 Å². The summed E-state index contributed by atoms with van der Waals surface area (Å²) in [7, 11) is 0. The number of hydrogen-bond acceptors (Lipinski definition) is 5. The molecule has 0 radical (unpaired) electrons. The van der Waals surface area contributed by atoms with Gasteiger partial charge >= 0.3 is 19.5 Å². The molecule has 5 nitrogen and oxygen atoms in total. The van der Waals surface area contributed by atoms with Gasteiger partial charge in [0.1, 0.15) is 0 Å². The summed E-state index contributed by atoms with van der Waals surface area (Å²) in [5.41, 5.74) is -0.599. The van der Waals surface area contributed by atoms with Gasteiger partial charge in [-0.15, -0.1) is 0 Å². The summed E-state index contributed by atoms with van der Waals surface area (Å²) in [6.45, 7) is 3.50. The largest absolute Gasteiger partial charge is 2.00 e. The van der Waals surface area contributed by atoms with Crippen LogP contribution < -0.4 is 10.2 Å². The summed E-state index contributed by atoms with van der Waals surface area (Å²) in [5.74, 6) is -3.29. The van der Waals surface area contributed by atoms with E-state index < -0.39 is 23.2 Å². The first kappa shape index (κ1) is 14.7. The summed E-state index contributed by atoms with van der Waals surface area (Å²) in [4.78, 5) is 24.9. The van der Waals surface area contributed by atoms with Gasteiger partial charge in [0.05, 0.1) is 17.6 Å². The predicted octanol–water partition coefficient (Wildman–Crippen LogP) is -1.07. The van der Waals surface area contributed by atoms with Gasteiger partial charge in [0.2, 0.25) is 0 Å². The molecule has 0 bridgehead atoms. The first-order valence-electron chi connectivity index (χ1n) is 4.36. The van der Waals surface area contributed by atoms with Gasteiger partial charge in [0.25, 0.3) is 0 Å². The molecule has 1 aromatic rings. The van der Waals surface area contributed by atoms with E-state index in [-0.39, 0.29) is 25.4 Å². The fourth-order valence-electron chi connectivity index (χ4n) is 1.33. The van der Waals surface area contributed by atoms with Crippen molar-refractivity contribution in [2.45, 2.75) is 19.8 Å². The summed E-state index contributed by atoms with van der Waals surface area (Å²) in [6.07, 6.45) is 1.24. The van der Waals surface area contributed by atoms with Crippen molar-refractivity contribution in [1.82, 2.24) is 4.98 Å². The summed E-state index contributed by atoms with van der Waals surface area (Å²) < 4.78 is 0. The van der Waals surface area contributed by atoms with Gasteiger partial charge in [0.15, 0.2) is 0 Å². The Morgan fingerprint density at radius 1 is 1.25 bits per heavy atom. The number of rotatable bonds is 3. The normalized spacial score (nSPS) is 9.69. The Morgan fingerprint density at radius 2 is 1.81 bits per heavy atom. The molecule has 16 heavy (non-hydrogen) atoms. The minimum atomic E-state index is -1.61. The molecule has 1 aromatic heterocycles. The Kier molecular flexibility index (Phi) is 5.24. The van der Waals surface area contributed by atoms with E-state index in [0.29, 0.717) is 5.56 Å². The Labute approximate surface area is 105 Å². The van der Waals surface area contributed by atoms with Crippen molar-refractivity contribution in [3.63, 3.8) is 0 Å². The van der Waals surface area contributed by atoms with E-state index in [1.54, 1.807) is 13.8 Å². The van der Waals surface area contributed by atoms with Crippen LogP contribution >= 0.6 is 0 Å². The SMILES string of the molecule is CC(C)c1ccnc(C(=O)[O-])c1C(=O)[O-].[Zn+2]. The van der Waals surface area contributed by atoms with Crippen molar-refractivity contribution in [2.75, 3.05) is 0 Å². The van der Waals surface area contributed by atoms with E-state index in [1.165, 1.54) is 12.3 Å². The van der Waals surface area contributed by atoms with Crippen molar-refractivity contribution in [3.8, 4) is 0 Å². The maximum absolute atomic E-state index is 10.8. The monoisotopic (exact) mass is 271 g/mol. The number of hydrogen-bond donors (Lipinski definition) is 0.